The van der Waals surface area contributed by atoms with Crippen LogP contribution >= 0.6 is 0 Å². The number of nitro benzene ring substituents is 1. The van der Waals surface area contributed by atoms with Crippen LogP contribution in [0, 0.1) is 21.4 Å². The monoisotopic (exact) mass is 297 g/mol. The summed E-state index contributed by atoms with van der Waals surface area (Å²) in [6, 6.07) is 7.72. The maximum atomic E-state index is 10.5. The van der Waals surface area contributed by atoms with Crippen molar-refractivity contribution in [2.75, 3.05) is 5.43 Å². The van der Waals surface area contributed by atoms with E-state index in [2.05, 4.69) is 22.1 Å². The highest BCUT2D eigenvalue weighted by Gasteiger charge is 2.12. The second-order valence-electron chi connectivity index (χ2n) is 4.31. The summed E-state index contributed by atoms with van der Waals surface area (Å²) in [6.07, 6.45) is 1.44. The van der Waals surface area contributed by atoms with Gasteiger partial charge in [-0.2, -0.15) is 15.3 Å². The third kappa shape index (κ3) is 3.34. The number of aromatic nitrogens is 1. The number of anilines is 1. The number of hydrogen-bond acceptors (Lipinski definition) is 7. The van der Waals surface area contributed by atoms with E-state index in [0.717, 1.165) is 0 Å². The second-order valence-corrected chi connectivity index (χ2v) is 4.31. The van der Waals surface area contributed by atoms with Crippen LogP contribution in [0.1, 0.15) is 24.1 Å². The fraction of sp³-hybridized carbons (Fsp3) is 0.0714. The van der Waals surface area contributed by atoms with Crippen molar-refractivity contribution in [1.29, 1.82) is 5.26 Å². The standard InChI is InChI=1S/C14H11N5O3/c1-9(2)13-17-12(7-15)14(22-13)18-16-8-10-3-5-11(6-4-10)19(20)21/h3-6,8,18H,1H2,2H3/b16-8-. The molecule has 0 saturated heterocycles. The molecule has 0 aliphatic heterocycles. The molecule has 0 aliphatic carbocycles. The van der Waals surface area contributed by atoms with Crippen LogP contribution in [0.2, 0.25) is 0 Å². The third-order valence-electron chi connectivity index (χ3n) is 2.58. The normalized spacial score (nSPS) is 10.4. The summed E-state index contributed by atoms with van der Waals surface area (Å²) in [5, 5.41) is 23.4. The molecule has 22 heavy (non-hydrogen) atoms. The van der Waals surface area contributed by atoms with Crippen LogP contribution in [0.25, 0.3) is 5.57 Å². The Morgan fingerprint density at radius 2 is 2.23 bits per heavy atom. The van der Waals surface area contributed by atoms with Crippen LogP contribution < -0.4 is 5.43 Å². The zero-order chi connectivity index (χ0) is 16.1. The van der Waals surface area contributed by atoms with E-state index in [9.17, 15) is 10.1 Å². The first-order valence-corrected chi connectivity index (χ1v) is 6.11. The second kappa shape index (κ2) is 6.32. The molecule has 0 spiro atoms. The zero-order valence-electron chi connectivity index (χ0n) is 11.6. The quantitative estimate of drug-likeness (QED) is 0.515. The first-order valence-electron chi connectivity index (χ1n) is 6.11. The van der Waals surface area contributed by atoms with Gasteiger partial charge in [-0.3, -0.25) is 10.1 Å². The number of rotatable bonds is 5. The molecule has 110 valence electrons. The summed E-state index contributed by atoms with van der Waals surface area (Å²) in [4.78, 5) is 14.0. The van der Waals surface area contributed by atoms with Crippen molar-refractivity contribution in [3.05, 3.63) is 58.1 Å². The Labute approximate surface area is 125 Å². The molecule has 2 aromatic rings. The minimum absolute atomic E-state index is 0.00166. The Morgan fingerprint density at radius 1 is 1.55 bits per heavy atom. The number of non-ortho nitro benzene ring substituents is 1. The topological polar surface area (TPSA) is 117 Å². The van der Waals surface area contributed by atoms with E-state index in [1.54, 1.807) is 19.1 Å². The summed E-state index contributed by atoms with van der Waals surface area (Å²) >= 11 is 0. The van der Waals surface area contributed by atoms with Gasteiger partial charge in [0.25, 0.3) is 11.6 Å². The Hall–Kier alpha value is -3.47. The van der Waals surface area contributed by atoms with E-state index >= 15 is 0 Å². The van der Waals surface area contributed by atoms with Gasteiger partial charge < -0.3 is 4.42 Å². The van der Waals surface area contributed by atoms with Gasteiger partial charge in [-0.05, 0) is 24.6 Å². The number of allylic oxidation sites excluding steroid dienone is 1. The largest absolute Gasteiger partial charge is 0.418 e. The molecule has 0 saturated carbocycles. The van der Waals surface area contributed by atoms with Crippen LogP contribution in [0.5, 0.6) is 0 Å². The SMILES string of the molecule is C=C(C)c1nc(C#N)c(N/N=C\c2ccc([N+](=O)[O-])cc2)o1. The van der Waals surface area contributed by atoms with Crippen molar-refractivity contribution in [1.82, 2.24) is 4.98 Å². The Kier molecular flexibility index (Phi) is 4.29. The fourth-order valence-electron chi connectivity index (χ4n) is 1.50. The number of nitrogens with zero attached hydrogens (tertiary/aromatic N) is 4. The summed E-state index contributed by atoms with van der Waals surface area (Å²) in [5.74, 6) is 0.364. The van der Waals surface area contributed by atoms with E-state index in [0.29, 0.717) is 11.1 Å². The molecular formula is C14H11N5O3. The smallest absolute Gasteiger partial charge is 0.269 e. The maximum absolute atomic E-state index is 10.5. The number of hydrazone groups is 1. The van der Waals surface area contributed by atoms with E-state index < -0.39 is 4.92 Å². The van der Waals surface area contributed by atoms with Gasteiger partial charge in [0.1, 0.15) is 6.07 Å². The van der Waals surface area contributed by atoms with Crippen molar-refractivity contribution < 1.29 is 9.34 Å². The highest BCUT2D eigenvalue weighted by atomic mass is 16.6. The third-order valence-corrected chi connectivity index (χ3v) is 2.58. The zero-order valence-corrected chi connectivity index (χ0v) is 11.6. The summed E-state index contributed by atoms with van der Waals surface area (Å²) in [5.41, 5.74) is 3.87. The van der Waals surface area contributed by atoms with Crippen LogP contribution in [-0.2, 0) is 0 Å². The lowest BCUT2D eigenvalue weighted by atomic mass is 10.2. The van der Waals surface area contributed by atoms with Gasteiger partial charge in [-0.15, -0.1) is 0 Å². The minimum Gasteiger partial charge on any atom is -0.418 e. The van der Waals surface area contributed by atoms with Gasteiger partial charge >= 0.3 is 0 Å². The fourth-order valence-corrected chi connectivity index (χ4v) is 1.50. The van der Waals surface area contributed by atoms with Gasteiger partial charge in [-0.25, -0.2) is 5.43 Å². The highest BCUT2D eigenvalue weighted by molar-refractivity contribution is 5.80. The van der Waals surface area contributed by atoms with Crippen molar-refractivity contribution in [2.45, 2.75) is 6.92 Å². The van der Waals surface area contributed by atoms with Crippen LogP contribution in [-0.4, -0.2) is 16.1 Å². The van der Waals surface area contributed by atoms with E-state index in [4.69, 9.17) is 9.68 Å². The minimum atomic E-state index is -0.480. The Balaban J connectivity index is 2.11. The van der Waals surface area contributed by atoms with Crippen molar-refractivity contribution in [3.63, 3.8) is 0 Å². The first kappa shape index (κ1) is 14.9. The van der Waals surface area contributed by atoms with E-state index in [-0.39, 0.29) is 23.2 Å². The predicted molar refractivity (Wildman–Crippen MR) is 80.2 cm³/mol. The molecule has 0 fully saturated rings. The molecular weight excluding hydrogens is 286 g/mol. The molecule has 2 rings (SSSR count). The van der Waals surface area contributed by atoms with Gasteiger partial charge in [0.2, 0.25) is 11.6 Å². The molecule has 1 aromatic heterocycles. The summed E-state index contributed by atoms with van der Waals surface area (Å²) in [6.45, 7) is 5.38. The predicted octanol–water partition coefficient (Wildman–Crippen LogP) is 2.93. The number of hydrogen-bond donors (Lipinski definition) is 1. The number of nitriles is 1. The van der Waals surface area contributed by atoms with Crippen LogP contribution in [0.4, 0.5) is 11.6 Å². The lowest BCUT2D eigenvalue weighted by molar-refractivity contribution is -0.384. The summed E-state index contributed by atoms with van der Waals surface area (Å²) < 4.78 is 5.31. The lowest BCUT2D eigenvalue weighted by Gasteiger charge is -1.95. The van der Waals surface area contributed by atoms with E-state index in [1.165, 1.54) is 18.3 Å². The molecule has 0 radical (unpaired) electrons. The van der Waals surface area contributed by atoms with Crippen molar-refractivity contribution in [2.24, 2.45) is 5.10 Å². The molecule has 0 atom stereocenters. The Morgan fingerprint density at radius 3 is 2.77 bits per heavy atom. The average molecular weight is 297 g/mol. The molecule has 0 amide bonds. The maximum Gasteiger partial charge on any atom is 0.269 e. The molecule has 1 heterocycles. The molecule has 0 unspecified atom stereocenters. The van der Waals surface area contributed by atoms with Gasteiger partial charge in [0.15, 0.2) is 0 Å². The number of benzene rings is 1. The van der Waals surface area contributed by atoms with E-state index in [1.807, 2.05) is 6.07 Å². The lowest BCUT2D eigenvalue weighted by Crippen LogP contribution is -1.92. The number of nitro groups is 1. The van der Waals surface area contributed by atoms with Gasteiger partial charge in [0, 0.05) is 17.7 Å². The molecule has 0 aliphatic rings. The summed E-state index contributed by atoms with van der Waals surface area (Å²) in [7, 11) is 0. The average Bonchev–Trinajstić information content (AvgIpc) is 2.91. The first-order chi connectivity index (χ1) is 10.5. The molecule has 8 nitrogen and oxygen atoms in total. The van der Waals surface area contributed by atoms with Crippen LogP contribution in [0.3, 0.4) is 0 Å². The molecule has 1 aromatic carbocycles. The number of oxazole rings is 1. The van der Waals surface area contributed by atoms with Gasteiger partial charge in [-0.1, -0.05) is 6.58 Å². The highest BCUT2D eigenvalue weighted by Crippen LogP contribution is 2.20. The molecule has 8 heteroatoms. The molecule has 0 bridgehead atoms. The Bertz CT molecular complexity index is 784. The van der Waals surface area contributed by atoms with Crippen molar-refractivity contribution >= 4 is 23.4 Å². The van der Waals surface area contributed by atoms with Crippen LogP contribution in [0.15, 0.2) is 40.4 Å². The molecule has 1 N–H and O–H groups in total. The number of nitrogens with one attached hydrogen (secondary N) is 1. The van der Waals surface area contributed by atoms with Crippen molar-refractivity contribution in [3.8, 4) is 6.07 Å². The van der Waals surface area contributed by atoms with Gasteiger partial charge in [0.05, 0.1) is 11.1 Å².